The van der Waals surface area contributed by atoms with Crippen molar-refractivity contribution in [3.8, 4) is 0 Å². The summed E-state index contributed by atoms with van der Waals surface area (Å²) in [6, 6.07) is 4.38. The summed E-state index contributed by atoms with van der Waals surface area (Å²) in [5.74, 6) is 0. The molecule has 3 heteroatoms. The topological polar surface area (TPSA) is 0 Å². The summed E-state index contributed by atoms with van der Waals surface area (Å²) in [5, 5.41) is 2.16. The van der Waals surface area contributed by atoms with Gasteiger partial charge in [-0.25, -0.2) is 0 Å². The van der Waals surface area contributed by atoms with Crippen molar-refractivity contribution in [1.82, 2.24) is 0 Å². The second-order valence-electron chi connectivity index (χ2n) is 6.00. The average molecular weight is 228 g/mol. The number of likely N-dealkylation sites (N-methyl/N-ethyl adjacent to an activating group) is 2. The number of quaternary nitrogens is 2. The van der Waals surface area contributed by atoms with E-state index in [1.165, 1.54) is 4.88 Å². The van der Waals surface area contributed by atoms with Crippen molar-refractivity contribution in [3.05, 3.63) is 22.4 Å². The number of hydrogen-bond acceptors (Lipinski definition) is 1. The molecule has 1 heterocycles. The zero-order chi connectivity index (χ0) is 11.7. The Morgan fingerprint density at radius 1 is 1.07 bits per heavy atom. The van der Waals surface area contributed by atoms with Gasteiger partial charge in [0.05, 0.1) is 48.7 Å². The molecular weight excluding hydrogens is 204 g/mol. The molecular formula is C12H24N2S+2. The van der Waals surface area contributed by atoms with E-state index < -0.39 is 0 Å². The van der Waals surface area contributed by atoms with E-state index in [2.05, 4.69) is 59.8 Å². The molecule has 0 fully saturated rings. The van der Waals surface area contributed by atoms with E-state index in [1.54, 1.807) is 0 Å². The molecule has 1 rings (SSSR count). The van der Waals surface area contributed by atoms with E-state index in [-0.39, 0.29) is 0 Å². The minimum absolute atomic E-state index is 0.601. The third-order valence-corrected chi connectivity index (χ3v) is 3.65. The maximum Gasteiger partial charge on any atom is 0.220 e. The fourth-order valence-corrected chi connectivity index (χ4v) is 2.93. The Balaban J connectivity index is 2.84. The molecule has 0 amide bonds. The van der Waals surface area contributed by atoms with Crippen LogP contribution in [0.2, 0.25) is 0 Å². The average Bonchev–Trinajstić information content (AvgIpc) is 2.46. The standard InChI is InChI=1S/C12H24N2S/c1-13(2,3)12(14(4,5)6)10-11-8-7-9-15-11/h7-9,12H,10H2,1-6H3/q+2. The van der Waals surface area contributed by atoms with Crippen LogP contribution in [0.3, 0.4) is 0 Å². The summed E-state index contributed by atoms with van der Waals surface area (Å²) < 4.78 is 2.00. The lowest BCUT2D eigenvalue weighted by Gasteiger charge is -2.42. The molecule has 0 aliphatic carbocycles. The van der Waals surface area contributed by atoms with Gasteiger partial charge in [0.15, 0.2) is 0 Å². The third-order valence-electron chi connectivity index (χ3n) is 2.75. The van der Waals surface area contributed by atoms with E-state index in [0.29, 0.717) is 6.17 Å². The van der Waals surface area contributed by atoms with Gasteiger partial charge in [-0.05, 0) is 11.4 Å². The van der Waals surface area contributed by atoms with Crippen molar-refractivity contribution >= 4 is 11.3 Å². The van der Waals surface area contributed by atoms with Gasteiger partial charge in [-0.3, -0.25) is 8.97 Å². The Morgan fingerprint density at radius 2 is 1.60 bits per heavy atom. The Kier molecular flexibility index (Phi) is 3.59. The molecule has 0 N–H and O–H groups in total. The van der Waals surface area contributed by atoms with Gasteiger partial charge in [-0.15, -0.1) is 11.3 Å². The summed E-state index contributed by atoms with van der Waals surface area (Å²) >= 11 is 1.86. The highest BCUT2D eigenvalue weighted by Gasteiger charge is 2.35. The number of nitrogens with zero attached hydrogens (tertiary/aromatic N) is 2. The van der Waals surface area contributed by atoms with E-state index in [0.717, 1.165) is 15.4 Å². The molecule has 1 aromatic heterocycles. The number of thiophene rings is 1. The van der Waals surface area contributed by atoms with Crippen LogP contribution in [0, 0.1) is 0 Å². The maximum absolute atomic E-state index is 2.28. The van der Waals surface area contributed by atoms with Crippen LogP contribution in [0.15, 0.2) is 17.5 Å². The zero-order valence-electron chi connectivity index (χ0n) is 10.8. The van der Waals surface area contributed by atoms with Crippen LogP contribution in [-0.4, -0.2) is 57.4 Å². The minimum Gasteiger partial charge on any atom is -0.282 e. The first kappa shape index (κ1) is 12.7. The Bertz CT molecular complexity index is 276. The van der Waals surface area contributed by atoms with Crippen LogP contribution >= 0.6 is 11.3 Å². The van der Waals surface area contributed by atoms with Gasteiger partial charge in [0.25, 0.3) is 0 Å². The van der Waals surface area contributed by atoms with Crippen molar-refractivity contribution in [1.29, 1.82) is 0 Å². The van der Waals surface area contributed by atoms with Crippen LogP contribution < -0.4 is 0 Å². The van der Waals surface area contributed by atoms with Crippen LogP contribution in [0.25, 0.3) is 0 Å². The van der Waals surface area contributed by atoms with E-state index >= 15 is 0 Å². The maximum atomic E-state index is 2.28. The quantitative estimate of drug-likeness (QED) is 0.546. The number of rotatable bonds is 4. The predicted octanol–water partition coefficient (Wildman–Crippen LogP) is 2.03. The fourth-order valence-electron chi connectivity index (χ4n) is 2.20. The van der Waals surface area contributed by atoms with Crippen molar-refractivity contribution in [2.45, 2.75) is 12.6 Å². The van der Waals surface area contributed by atoms with Crippen LogP contribution in [0.5, 0.6) is 0 Å². The zero-order valence-corrected chi connectivity index (χ0v) is 11.6. The van der Waals surface area contributed by atoms with Gasteiger partial charge in [0, 0.05) is 4.88 Å². The second kappa shape index (κ2) is 4.24. The van der Waals surface area contributed by atoms with Gasteiger partial charge >= 0.3 is 0 Å². The molecule has 1 aromatic rings. The van der Waals surface area contributed by atoms with Gasteiger partial charge in [-0.1, -0.05) is 6.07 Å². The molecule has 0 unspecified atom stereocenters. The first-order chi connectivity index (χ1) is 6.71. The Morgan fingerprint density at radius 3 is 1.93 bits per heavy atom. The van der Waals surface area contributed by atoms with Gasteiger partial charge in [0.2, 0.25) is 6.17 Å². The van der Waals surface area contributed by atoms with Crippen LogP contribution in [0.4, 0.5) is 0 Å². The van der Waals surface area contributed by atoms with Crippen molar-refractivity contribution in [2.75, 3.05) is 42.3 Å². The largest absolute Gasteiger partial charge is 0.282 e. The fraction of sp³-hybridized carbons (Fsp3) is 0.667. The van der Waals surface area contributed by atoms with Gasteiger partial charge in [0.1, 0.15) is 0 Å². The van der Waals surface area contributed by atoms with Crippen molar-refractivity contribution < 1.29 is 8.97 Å². The molecule has 0 bridgehead atoms. The summed E-state index contributed by atoms with van der Waals surface area (Å²) in [6.45, 7) is 0. The summed E-state index contributed by atoms with van der Waals surface area (Å²) in [6.07, 6.45) is 1.76. The molecule has 0 aliphatic rings. The normalized spacial score (nSPS) is 13.5. The van der Waals surface area contributed by atoms with E-state index in [4.69, 9.17) is 0 Å². The molecule has 0 aromatic carbocycles. The lowest BCUT2D eigenvalue weighted by molar-refractivity contribution is -1.09. The molecule has 15 heavy (non-hydrogen) atoms. The van der Waals surface area contributed by atoms with Crippen molar-refractivity contribution in [3.63, 3.8) is 0 Å². The van der Waals surface area contributed by atoms with E-state index in [9.17, 15) is 0 Å². The highest BCUT2D eigenvalue weighted by molar-refractivity contribution is 7.09. The monoisotopic (exact) mass is 228 g/mol. The molecule has 0 saturated carbocycles. The lowest BCUT2D eigenvalue weighted by atomic mass is 10.2. The Hall–Kier alpha value is -0.380. The minimum atomic E-state index is 0.601. The lowest BCUT2D eigenvalue weighted by Crippen LogP contribution is -2.61. The molecule has 86 valence electrons. The first-order valence-corrected chi connectivity index (χ1v) is 6.24. The molecule has 2 nitrogen and oxygen atoms in total. The molecule has 0 radical (unpaired) electrons. The summed E-state index contributed by atoms with van der Waals surface area (Å²) in [5.41, 5.74) is 0. The van der Waals surface area contributed by atoms with Crippen LogP contribution in [0.1, 0.15) is 4.88 Å². The molecule has 0 spiro atoms. The van der Waals surface area contributed by atoms with Crippen LogP contribution in [-0.2, 0) is 6.42 Å². The smallest absolute Gasteiger partial charge is 0.220 e. The second-order valence-corrected chi connectivity index (χ2v) is 7.03. The number of hydrogen-bond donors (Lipinski definition) is 0. The molecule has 0 saturated heterocycles. The predicted molar refractivity (Wildman–Crippen MR) is 67.9 cm³/mol. The molecule has 0 atom stereocenters. The highest BCUT2D eigenvalue weighted by Crippen LogP contribution is 2.20. The Labute approximate surface area is 97.9 Å². The summed E-state index contributed by atoms with van der Waals surface area (Å²) in [4.78, 5) is 1.49. The summed E-state index contributed by atoms with van der Waals surface area (Å²) in [7, 11) is 13.7. The van der Waals surface area contributed by atoms with Gasteiger partial charge in [-0.2, -0.15) is 0 Å². The third kappa shape index (κ3) is 3.59. The van der Waals surface area contributed by atoms with Crippen molar-refractivity contribution in [2.24, 2.45) is 0 Å². The highest BCUT2D eigenvalue weighted by atomic mass is 32.1. The van der Waals surface area contributed by atoms with Gasteiger partial charge < -0.3 is 0 Å². The molecule has 0 aliphatic heterocycles. The SMILES string of the molecule is C[N+](C)(C)C(Cc1cccs1)[N+](C)(C)C. The first-order valence-electron chi connectivity index (χ1n) is 5.36. The van der Waals surface area contributed by atoms with E-state index in [1.807, 2.05) is 11.3 Å².